The quantitative estimate of drug-likeness (QED) is 0.311. The van der Waals surface area contributed by atoms with Crippen LogP contribution < -0.4 is 18.9 Å². The summed E-state index contributed by atoms with van der Waals surface area (Å²) in [6.45, 7) is 4.28. The largest absolute Gasteiger partial charge is 0.493 e. The number of ketones is 1. The molecule has 0 spiro atoms. The molecule has 200 valence electrons. The Morgan fingerprint density at radius 1 is 1.08 bits per heavy atom. The molecule has 3 heterocycles. The monoisotopic (exact) mass is 546 g/mol. The highest BCUT2D eigenvalue weighted by Crippen LogP contribution is 2.51. The summed E-state index contributed by atoms with van der Waals surface area (Å²) in [5.74, 6) is 2.89. The molecule has 1 aliphatic carbocycles. The summed E-state index contributed by atoms with van der Waals surface area (Å²) in [5.41, 5.74) is 2.45. The third-order valence-electron chi connectivity index (χ3n) is 7.03. The molecule has 0 fully saturated rings. The van der Waals surface area contributed by atoms with Crippen LogP contribution in [0, 0.1) is 5.41 Å². The van der Waals surface area contributed by atoms with Gasteiger partial charge in [0, 0.05) is 23.4 Å². The van der Waals surface area contributed by atoms with E-state index in [9.17, 15) is 4.79 Å². The zero-order valence-electron chi connectivity index (χ0n) is 22.0. The minimum atomic E-state index is -0.474. The molecule has 2 aromatic heterocycles. The molecule has 2 aliphatic rings. The number of allylic oxidation sites excluding steroid dienone is 2. The Balaban J connectivity index is 1.48. The van der Waals surface area contributed by atoms with Crippen molar-refractivity contribution in [2.75, 3.05) is 14.2 Å². The first-order valence-electron chi connectivity index (χ1n) is 12.5. The van der Waals surface area contributed by atoms with Crippen molar-refractivity contribution in [3.8, 4) is 23.1 Å². The zero-order chi connectivity index (χ0) is 27.3. The van der Waals surface area contributed by atoms with E-state index in [0.29, 0.717) is 69.4 Å². The minimum absolute atomic E-state index is 0.0412. The van der Waals surface area contributed by atoms with Gasteiger partial charge in [0.1, 0.15) is 24.4 Å². The van der Waals surface area contributed by atoms with Gasteiger partial charge in [-0.1, -0.05) is 31.5 Å². The molecule has 0 saturated carbocycles. The van der Waals surface area contributed by atoms with Crippen LogP contribution in [0.2, 0.25) is 5.02 Å². The first-order valence-corrected chi connectivity index (χ1v) is 12.9. The maximum atomic E-state index is 13.7. The van der Waals surface area contributed by atoms with Crippen LogP contribution in [0.4, 0.5) is 0 Å². The van der Waals surface area contributed by atoms with Gasteiger partial charge in [0.2, 0.25) is 5.88 Å². The lowest BCUT2D eigenvalue weighted by atomic mass is 9.70. The molecule has 39 heavy (non-hydrogen) atoms. The van der Waals surface area contributed by atoms with Crippen molar-refractivity contribution in [3.05, 3.63) is 82.1 Å². The van der Waals surface area contributed by atoms with Crippen LogP contribution in [-0.4, -0.2) is 39.6 Å². The molecule has 0 radical (unpaired) electrons. The molecule has 0 N–H and O–H groups in total. The maximum Gasteiger partial charge on any atom is 0.228 e. The molecule has 0 bridgehead atoms. The van der Waals surface area contributed by atoms with E-state index in [2.05, 4.69) is 23.9 Å². The Labute approximate surface area is 230 Å². The van der Waals surface area contributed by atoms with Crippen molar-refractivity contribution >= 4 is 23.0 Å². The van der Waals surface area contributed by atoms with Crippen molar-refractivity contribution in [3.63, 3.8) is 0 Å². The average Bonchev–Trinajstić information content (AvgIpc) is 3.34. The van der Waals surface area contributed by atoms with Gasteiger partial charge in [-0.3, -0.25) is 4.79 Å². The number of methoxy groups -OCH3 is 2. The molecule has 1 atom stereocenters. The fraction of sp³-hybridized carbons (Fsp3) is 0.310. The third kappa shape index (κ3) is 4.57. The summed E-state index contributed by atoms with van der Waals surface area (Å²) in [7, 11) is 3.18. The smallest absolute Gasteiger partial charge is 0.228 e. The highest BCUT2D eigenvalue weighted by molar-refractivity contribution is 6.30. The van der Waals surface area contributed by atoms with E-state index >= 15 is 0 Å². The number of hydrogen-bond donors (Lipinski definition) is 0. The fourth-order valence-corrected chi connectivity index (χ4v) is 5.42. The van der Waals surface area contributed by atoms with E-state index in [0.717, 1.165) is 5.56 Å². The number of Topliss-reactive ketones (excluding diaryl/α,β-unsaturated/α-hetero) is 1. The lowest BCUT2D eigenvalue weighted by Crippen LogP contribution is -2.33. The van der Waals surface area contributed by atoms with Gasteiger partial charge >= 0.3 is 0 Å². The average molecular weight is 547 g/mol. The molecule has 0 unspecified atom stereocenters. The highest BCUT2D eigenvalue weighted by Gasteiger charge is 2.44. The van der Waals surface area contributed by atoms with Gasteiger partial charge in [0.25, 0.3) is 0 Å². The number of aromatic nitrogens is 4. The van der Waals surface area contributed by atoms with Crippen LogP contribution in [0.3, 0.4) is 0 Å². The number of carbonyl (C=O) groups is 1. The Hall–Kier alpha value is -4.11. The van der Waals surface area contributed by atoms with Crippen LogP contribution in [0.25, 0.3) is 5.65 Å². The highest BCUT2D eigenvalue weighted by atomic mass is 35.5. The van der Waals surface area contributed by atoms with E-state index < -0.39 is 5.92 Å². The molecule has 0 amide bonds. The second kappa shape index (κ2) is 9.57. The van der Waals surface area contributed by atoms with E-state index in [1.54, 1.807) is 49.3 Å². The van der Waals surface area contributed by atoms with E-state index in [4.69, 9.17) is 35.5 Å². The number of fused-ring (bicyclic) bond motifs is 3. The fourth-order valence-electron chi connectivity index (χ4n) is 5.30. The van der Waals surface area contributed by atoms with Gasteiger partial charge in [-0.2, -0.15) is 0 Å². The van der Waals surface area contributed by atoms with Crippen LogP contribution in [-0.2, 0) is 11.4 Å². The topological polar surface area (TPSA) is 97.1 Å². The standard InChI is InChI=1S/C29H27ClN4O5/c1-29(2)12-19(35)25-22(13-29)39-28-26(24(25)16-5-10-20(36-3)21(11-16)37-4)27-32-23(33-34(27)15-31-28)14-38-18-8-6-17(30)7-9-18/h5-11,15,24H,12-14H2,1-4H3/t24-/m0/s1. The lowest BCUT2D eigenvalue weighted by Gasteiger charge is -2.37. The predicted octanol–water partition coefficient (Wildman–Crippen LogP) is 5.54. The molecular formula is C29H27ClN4O5. The van der Waals surface area contributed by atoms with Crippen LogP contribution in [0.5, 0.6) is 23.1 Å². The Morgan fingerprint density at radius 3 is 2.59 bits per heavy atom. The Morgan fingerprint density at radius 2 is 1.85 bits per heavy atom. The summed E-state index contributed by atoms with van der Waals surface area (Å²) in [4.78, 5) is 23.0. The summed E-state index contributed by atoms with van der Waals surface area (Å²) < 4.78 is 24.8. The molecule has 2 aromatic carbocycles. The van der Waals surface area contributed by atoms with E-state index in [-0.39, 0.29) is 17.8 Å². The second-order valence-corrected chi connectivity index (χ2v) is 10.9. The number of hydrogen-bond acceptors (Lipinski definition) is 8. The van der Waals surface area contributed by atoms with Gasteiger partial charge in [-0.25, -0.2) is 14.5 Å². The second-order valence-electron chi connectivity index (χ2n) is 10.4. The first kappa shape index (κ1) is 25.2. The number of ether oxygens (including phenoxy) is 4. The number of rotatable bonds is 6. The Kier molecular flexibility index (Phi) is 6.18. The van der Waals surface area contributed by atoms with Gasteiger partial charge in [0.05, 0.1) is 25.7 Å². The summed E-state index contributed by atoms with van der Waals surface area (Å²) in [5, 5.41) is 5.21. The van der Waals surface area contributed by atoms with Crippen LogP contribution >= 0.6 is 11.6 Å². The van der Waals surface area contributed by atoms with Crippen molar-refractivity contribution in [2.24, 2.45) is 5.41 Å². The summed E-state index contributed by atoms with van der Waals surface area (Å²) >= 11 is 5.98. The van der Waals surface area contributed by atoms with Gasteiger partial charge in [-0.15, -0.1) is 5.10 Å². The molecule has 6 rings (SSSR count). The van der Waals surface area contributed by atoms with Crippen molar-refractivity contribution in [1.29, 1.82) is 0 Å². The minimum Gasteiger partial charge on any atom is -0.493 e. The first-order chi connectivity index (χ1) is 18.8. The molecule has 1 aliphatic heterocycles. The van der Waals surface area contributed by atoms with Gasteiger partial charge in [-0.05, 0) is 47.4 Å². The summed E-state index contributed by atoms with van der Waals surface area (Å²) in [6.07, 6.45) is 2.61. The lowest BCUT2D eigenvalue weighted by molar-refractivity contribution is -0.118. The molecule has 9 nitrogen and oxygen atoms in total. The van der Waals surface area contributed by atoms with E-state index in [1.165, 1.54) is 0 Å². The summed E-state index contributed by atoms with van der Waals surface area (Å²) in [6, 6.07) is 12.7. The molecule has 10 heteroatoms. The van der Waals surface area contributed by atoms with Gasteiger partial charge < -0.3 is 18.9 Å². The SMILES string of the molecule is COc1ccc([C@H]2C3=C(CC(C)(C)CC3=O)Oc3ncn4nc(COc5ccc(Cl)cc5)nc4c32)cc1OC. The Bertz CT molecular complexity index is 1630. The third-order valence-corrected chi connectivity index (χ3v) is 7.28. The zero-order valence-corrected chi connectivity index (χ0v) is 22.8. The number of nitrogens with zero attached hydrogens (tertiary/aromatic N) is 4. The van der Waals surface area contributed by atoms with Crippen molar-refractivity contribution in [1.82, 2.24) is 19.6 Å². The van der Waals surface area contributed by atoms with Crippen LogP contribution in [0.1, 0.15) is 49.6 Å². The van der Waals surface area contributed by atoms with Crippen molar-refractivity contribution < 1.29 is 23.7 Å². The molecule has 4 aromatic rings. The predicted molar refractivity (Wildman–Crippen MR) is 144 cm³/mol. The molecular weight excluding hydrogens is 520 g/mol. The van der Waals surface area contributed by atoms with E-state index in [1.807, 2.05) is 18.2 Å². The normalized spacial score (nSPS) is 17.9. The maximum absolute atomic E-state index is 13.7. The van der Waals surface area contributed by atoms with Gasteiger partial charge in [0.15, 0.2) is 28.8 Å². The van der Waals surface area contributed by atoms with Crippen molar-refractivity contribution in [2.45, 2.75) is 39.2 Å². The van der Waals surface area contributed by atoms with Crippen LogP contribution in [0.15, 0.2) is 60.1 Å². The number of benzene rings is 2. The molecule has 0 saturated heterocycles. The number of carbonyl (C=O) groups excluding carboxylic acids is 1. The number of halogens is 1.